The van der Waals surface area contributed by atoms with Crippen LogP contribution < -0.4 is 5.32 Å². The highest BCUT2D eigenvalue weighted by molar-refractivity contribution is 5.88. The van der Waals surface area contributed by atoms with E-state index in [1.807, 2.05) is 64.1 Å². The third-order valence-corrected chi connectivity index (χ3v) is 3.32. The Morgan fingerprint density at radius 3 is 2.36 bits per heavy atom. The first kappa shape index (κ1) is 17.7. The summed E-state index contributed by atoms with van der Waals surface area (Å²) in [4.78, 5) is 4.70. The smallest absolute Gasteiger partial charge is 0.103 e. The largest absolute Gasteiger partial charge is 0.344 e. The molecule has 0 fully saturated rings. The summed E-state index contributed by atoms with van der Waals surface area (Å²) in [5, 5.41) is 3.26. The minimum atomic E-state index is 0.824. The number of hydrogen-bond acceptors (Lipinski definition) is 1. The zero-order valence-electron chi connectivity index (χ0n) is 14.3. The first-order valence-corrected chi connectivity index (χ1v) is 7.56. The number of nitrogens with one attached hydrogen (secondary N) is 1. The fourth-order valence-electron chi connectivity index (χ4n) is 2.19. The summed E-state index contributed by atoms with van der Waals surface area (Å²) in [5.41, 5.74) is 5.24. The molecule has 0 amide bonds. The van der Waals surface area contributed by atoms with Gasteiger partial charge in [0.2, 0.25) is 0 Å². The SMILES string of the molecule is C=C(NC(C)=NC(=CC)c1ccccc1C)C(/C=C\C)=C/C. The fourth-order valence-corrected chi connectivity index (χ4v) is 2.19. The van der Waals surface area contributed by atoms with Crippen molar-refractivity contribution in [3.63, 3.8) is 0 Å². The third-order valence-electron chi connectivity index (χ3n) is 3.32. The average molecular weight is 294 g/mol. The number of benzene rings is 1. The molecule has 0 aliphatic carbocycles. The van der Waals surface area contributed by atoms with Gasteiger partial charge >= 0.3 is 0 Å². The van der Waals surface area contributed by atoms with Crippen LogP contribution in [0.4, 0.5) is 0 Å². The molecule has 2 heteroatoms. The Bertz CT molecular complexity index is 643. The van der Waals surface area contributed by atoms with Crippen molar-refractivity contribution in [2.45, 2.75) is 34.6 Å². The molecule has 1 aromatic carbocycles. The maximum absolute atomic E-state index is 4.70. The van der Waals surface area contributed by atoms with Crippen LogP contribution in [0.1, 0.15) is 38.8 Å². The molecule has 1 rings (SSSR count). The van der Waals surface area contributed by atoms with E-state index in [9.17, 15) is 0 Å². The number of aryl methyl sites for hydroxylation is 1. The second-order valence-electron chi connectivity index (χ2n) is 5.03. The highest BCUT2D eigenvalue weighted by Crippen LogP contribution is 2.20. The van der Waals surface area contributed by atoms with Gasteiger partial charge < -0.3 is 5.32 Å². The van der Waals surface area contributed by atoms with Crippen molar-refractivity contribution in [3.8, 4) is 0 Å². The lowest BCUT2D eigenvalue weighted by Gasteiger charge is -2.12. The van der Waals surface area contributed by atoms with Crippen LogP contribution in [0.25, 0.3) is 5.70 Å². The minimum Gasteiger partial charge on any atom is -0.344 e. The van der Waals surface area contributed by atoms with Gasteiger partial charge in [-0.25, -0.2) is 4.99 Å². The molecule has 0 aliphatic heterocycles. The second kappa shape index (κ2) is 8.83. The van der Waals surface area contributed by atoms with Crippen molar-refractivity contribution in [2.24, 2.45) is 4.99 Å². The molecule has 2 nitrogen and oxygen atoms in total. The maximum atomic E-state index is 4.70. The molecule has 1 N–H and O–H groups in total. The Balaban J connectivity index is 2.96. The maximum Gasteiger partial charge on any atom is 0.103 e. The molecule has 0 bridgehead atoms. The second-order valence-corrected chi connectivity index (χ2v) is 5.03. The molecule has 22 heavy (non-hydrogen) atoms. The van der Waals surface area contributed by atoms with Crippen LogP contribution >= 0.6 is 0 Å². The van der Waals surface area contributed by atoms with Crippen molar-refractivity contribution in [1.82, 2.24) is 5.32 Å². The molecule has 0 radical (unpaired) electrons. The van der Waals surface area contributed by atoms with Crippen LogP contribution in [0, 0.1) is 6.92 Å². The molecule has 0 saturated carbocycles. The average Bonchev–Trinajstić information content (AvgIpc) is 2.50. The first-order valence-electron chi connectivity index (χ1n) is 7.56. The van der Waals surface area contributed by atoms with Crippen LogP contribution in [-0.2, 0) is 0 Å². The van der Waals surface area contributed by atoms with Crippen molar-refractivity contribution in [1.29, 1.82) is 0 Å². The Morgan fingerprint density at radius 2 is 1.82 bits per heavy atom. The molecule has 0 heterocycles. The molecule has 1 aromatic rings. The van der Waals surface area contributed by atoms with Gasteiger partial charge in [0, 0.05) is 11.3 Å². The summed E-state index contributed by atoms with van der Waals surface area (Å²) in [6.45, 7) is 14.1. The Kier molecular flexibility index (Phi) is 7.11. The van der Waals surface area contributed by atoms with E-state index in [4.69, 9.17) is 4.99 Å². The van der Waals surface area contributed by atoms with E-state index in [1.54, 1.807) is 0 Å². The van der Waals surface area contributed by atoms with Crippen molar-refractivity contribution >= 4 is 11.5 Å². The fraction of sp³-hybridized carbons (Fsp3) is 0.250. The molecule has 116 valence electrons. The van der Waals surface area contributed by atoms with Gasteiger partial charge in [-0.1, -0.05) is 55.1 Å². The molecule has 0 spiro atoms. The summed E-state index contributed by atoms with van der Waals surface area (Å²) in [6, 6.07) is 8.26. The summed E-state index contributed by atoms with van der Waals surface area (Å²) in [6.07, 6.45) is 8.08. The third kappa shape index (κ3) is 4.88. The molecule has 0 aliphatic rings. The summed E-state index contributed by atoms with van der Waals surface area (Å²) < 4.78 is 0. The van der Waals surface area contributed by atoms with E-state index >= 15 is 0 Å². The topological polar surface area (TPSA) is 24.4 Å². The Labute approximate surface area is 134 Å². The molecule has 0 saturated heterocycles. The number of hydrogen-bond donors (Lipinski definition) is 1. The van der Waals surface area contributed by atoms with Crippen LogP contribution in [0.3, 0.4) is 0 Å². The summed E-state index contributed by atoms with van der Waals surface area (Å²) >= 11 is 0. The van der Waals surface area contributed by atoms with Gasteiger partial charge in [0.1, 0.15) is 5.84 Å². The zero-order valence-corrected chi connectivity index (χ0v) is 14.3. The molecule has 0 unspecified atom stereocenters. The van der Waals surface area contributed by atoms with Gasteiger partial charge in [-0.05, 0) is 45.8 Å². The van der Waals surface area contributed by atoms with E-state index in [-0.39, 0.29) is 0 Å². The molecular formula is C20H26N2. The van der Waals surface area contributed by atoms with Crippen LogP contribution in [0.2, 0.25) is 0 Å². The normalized spacial score (nSPS) is 13.6. The van der Waals surface area contributed by atoms with Gasteiger partial charge in [0.25, 0.3) is 0 Å². The number of rotatable bonds is 5. The van der Waals surface area contributed by atoms with Gasteiger partial charge in [0.15, 0.2) is 0 Å². The van der Waals surface area contributed by atoms with Gasteiger partial charge in [-0.3, -0.25) is 0 Å². The summed E-state index contributed by atoms with van der Waals surface area (Å²) in [7, 11) is 0. The first-order chi connectivity index (χ1) is 10.5. The number of allylic oxidation sites excluding steroid dienone is 4. The highest BCUT2D eigenvalue weighted by atomic mass is 15.0. The van der Waals surface area contributed by atoms with E-state index in [1.165, 1.54) is 5.56 Å². The van der Waals surface area contributed by atoms with E-state index in [0.29, 0.717) is 0 Å². The van der Waals surface area contributed by atoms with E-state index < -0.39 is 0 Å². The minimum absolute atomic E-state index is 0.824. The Morgan fingerprint density at radius 1 is 1.14 bits per heavy atom. The molecule has 0 aromatic heterocycles. The van der Waals surface area contributed by atoms with Gasteiger partial charge in [-0.2, -0.15) is 0 Å². The standard InChI is InChI=1S/C20H26N2/c1-7-12-18(8-2)16(5)21-17(6)22-20(9-3)19-14-11-10-13-15(19)4/h7-14H,5H2,1-4,6H3,(H,21,22)/b12-7-,18-8+,20-9?. The molecule has 0 atom stereocenters. The summed E-state index contributed by atoms with van der Waals surface area (Å²) in [5.74, 6) is 0.824. The number of nitrogens with zero attached hydrogens (tertiary/aromatic N) is 1. The lowest BCUT2D eigenvalue weighted by Crippen LogP contribution is -2.20. The van der Waals surface area contributed by atoms with Crippen LogP contribution in [-0.4, -0.2) is 5.84 Å². The predicted octanol–water partition coefficient (Wildman–Crippen LogP) is 5.40. The van der Waals surface area contributed by atoms with Crippen molar-refractivity contribution in [3.05, 3.63) is 77.5 Å². The lowest BCUT2D eigenvalue weighted by molar-refractivity contribution is 1.13. The predicted molar refractivity (Wildman–Crippen MR) is 98.8 cm³/mol. The van der Waals surface area contributed by atoms with E-state index in [2.05, 4.69) is 31.0 Å². The van der Waals surface area contributed by atoms with E-state index in [0.717, 1.165) is 28.4 Å². The monoisotopic (exact) mass is 294 g/mol. The molecular weight excluding hydrogens is 268 g/mol. The van der Waals surface area contributed by atoms with Crippen molar-refractivity contribution < 1.29 is 0 Å². The quantitative estimate of drug-likeness (QED) is 0.439. The van der Waals surface area contributed by atoms with Gasteiger partial charge in [-0.15, -0.1) is 0 Å². The highest BCUT2D eigenvalue weighted by Gasteiger charge is 2.04. The number of aliphatic imine (C=N–C) groups is 1. The van der Waals surface area contributed by atoms with Gasteiger partial charge in [0.05, 0.1) is 5.70 Å². The number of amidine groups is 1. The van der Waals surface area contributed by atoms with Crippen LogP contribution in [0.15, 0.2) is 71.4 Å². The lowest BCUT2D eigenvalue weighted by atomic mass is 10.1. The van der Waals surface area contributed by atoms with Crippen molar-refractivity contribution in [2.75, 3.05) is 0 Å². The van der Waals surface area contributed by atoms with Crippen LogP contribution in [0.5, 0.6) is 0 Å². The Hall–Kier alpha value is -2.35. The zero-order chi connectivity index (χ0) is 16.5.